The number of aliphatic carboxylic acids is 1. The number of benzene rings is 2. The minimum Gasteiger partial charge on any atom is -0.506 e. The molecule has 2 amide bonds. The second-order valence-corrected chi connectivity index (χ2v) is 17.4. The zero-order chi connectivity index (χ0) is 41.6. The van der Waals surface area contributed by atoms with Crippen LogP contribution in [-0.4, -0.2) is 144 Å². The van der Waals surface area contributed by atoms with Gasteiger partial charge in [0.15, 0.2) is 18.1 Å². The number of ether oxygens (including phenoxy) is 3. The summed E-state index contributed by atoms with van der Waals surface area (Å²) in [5.74, 6) is -0.235. The number of carbonyl (C=O) groups is 3. The fourth-order valence-electron chi connectivity index (χ4n) is 10.1. The van der Waals surface area contributed by atoms with Crippen LogP contribution >= 0.6 is 0 Å². The lowest BCUT2D eigenvalue weighted by Crippen LogP contribution is -2.57. The molecular weight excluding hydrogens is 767 g/mol. The lowest BCUT2D eigenvalue weighted by atomic mass is 9.89. The molecule has 4 aliphatic heterocycles. The maximum absolute atomic E-state index is 13.2. The number of carboxylic acids is 1. The monoisotopic (exact) mass is 827 g/mol. The number of carbonyl (C=O) groups excluding carboxylic acids is 2. The largest absolute Gasteiger partial charge is 0.506 e. The molecule has 1 aliphatic carbocycles. The number of fused-ring (bicyclic) bond motifs is 1. The number of aromatic hydroxyl groups is 1. The predicted molar refractivity (Wildman–Crippen MR) is 224 cm³/mol. The number of likely N-dealkylation sites (tertiary alicyclic amines) is 2. The average molecular weight is 828 g/mol. The summed E-state index contributed by atoms with van der Waals surface area (Å²) in [5, 5.41) is 23.5. The van der Waals surface area contributed by atoms with Crippen molar-refractivity contribution in [2.24, 2.45) is 0 Å². The van der Waals surface area contributed by atoms with Gasteiger partial charge in [-0.3, -0.25) is 29.1 Å². The first-order chi connectivity index (χ1) is 29.1. The lowest BCUT2D eigenvalue weighted by Gasteiger charge is -2.47. The molecule has 8 rings (SSSR count). The minimum atomic E-state index is -0.840. The van der Waals surface area contributed by atoms with Crippen LogP contribution in [0.15, 0.2) is 53.1 Å². The summed E-state index contributed by atoms with van der Waals surface area (Å²) < 4.78 is 23.9. The molecule has 4 fully saturated rings. The van der Waals surface area contributed by atoms with Gasteiger partial charge in [-0.2, -0.15) is 0 Å². The fraction of sp³-hybridized carbons (Fsp3) is 0.587. The predicted octanol–water partition coefficient (Wildman–Crippen LogP) is 5.10. The van der Waals surface area contributed by atoms with Crippen LogP contribution in [0.1, 0.15) is 84.2 Å². The molecule has 1 spiro atoms. The van der Waals surface area contributed by atoms with E-state index in [1.165, 1.54) is 30.4 Å². The Morgan fingerprint density at radius 1 is 0.983 bits per heavy atom. The summed E-state index contributed by atoms with van der Waals surface area (Å²) in [6.07, 6.45) is 10.9. The number of nitrogens with one attached hydrogen (secondary N) is 1. The topological polar surface area (TPSA) is 157 Å². The quantitative estimate of drug-likeness (QED) is 0.175. The van der Waals surface area contributed by atoms with Crippen LogP contribution in [0.3, 0.4) is 0 Å². The van der Waals surface area contributed by atoms with E-state index in [0.29, 0.717) is 81.9 Å². The zero-order valence-electron chi connectivity index (χ0n) is 34.9. The molecule has 2 aromatic carbocycles. The summed E-state index contributed by atoms with van der Waals surface area (Å²) in [5.41, 5.74) is 4.21. The second-order valence-electron chi connectivity index (χ2n) is 17.4. The number of piperidine rings is 1. The van der Waals surface area contributed by atoms with E-state index in [1.807, 2.05) is 24.0 Å². The van der Waals surface area contributed by atoms with Crippen molar-refractivity contribution in [3.8, 4) is 11.5 Å². The minimum absolute atomic E-state index is 0.00603. The van der Waals surface area contributed by atoms with Crippen LogP contribution in [0.4, 0.5) is 5.69 Å². The Morgan fingerprint density at radius 3 is 2.58 bits per heavy atom. The third-order valence-electron chi connectivity index (χ3n) is 13.4. The number of hydrogen-bond donors (Lipinski definition) is 3. The van der Waals surface area contributed by atoms with Crippen LogP contribution in [0.2, 0.25) is 0 Å². The number of nitrogens with zero attached hydrogens (tertiary/aromatic N) is 4. The molecule has 5 aliphatic rings. The molecule has 1 unspecified atom stereocenters. The van der Waals surface area contributed by atoms with Crippen molar-refractivity contribution in [3.63, 3.8) is 0 Å². The van der Waals surface area contributed by atoms with Gasteiger partial charge in [0.2, 0.25) is 0 Å². The van der Waals surface area contributed by atoms with Gasteiger partial charge in [0, 0.05) is 64.0 Å². The molecule has 1 aromatic heterocycles. The Balaban J connectivity index is 0.807. The van der Waals surface area contributed by atoms with Gasteiger partial charge in [-0.1, -0.05) is 49.6 Å². The van der Waals surface area contributed by atoms with Crippen molar-refractivity contribution in [3.05, 3.63) is 76.7 Å². The van der Waals surface area contributed by atoms with Crippen LogP contribution in [0.5, 0.6) is 11.5 Å². The normalized spacial score (nSPS) is 22.5. The highest BCUT2D eigenvalue weighted by Gasteiger charge is 2.42. The van der Waals surface area contributed by atoms with E-state index in [1.54, 1.807) is 12.3 Å². The van der Waals surface area contributed by atoms with Crippen molar-refractivity contribution < 1.29 is 43.2 Å². The van der Waals surface area contributed by atoms with Crippen molar-refractivity contribution in [1.82, 2.24) is 19.6 Å². The molecule has 0 radical (unpaired) electrons. The van der Waals surface area contributed by atoms with Crippen molar-refractivity contribution in [1.29, 1.82) is 0 Å². The van der Waals surface area contributed by atoms with Crippen molar-refractivity contribution in [2.75, 3.05) is 77.5 Å². The van der Waals surface area contributed by atoms with Crippen LogP contribution in [0, 0.1) is 6.92 Å². The van der Waals surface area contributed by atoms with Crippen LogP contribution in [-0.2, 0) is 38.4 Å². The Bertz CT molecular complexity index is 1970. The van der Waals surface area contributed by atoms with Gasteiger partial charge in [0.05, 0.1) is 37.7 Å². The average Bonchev–Trinajstić information content (AvgIpc) is 3.88. The smallest absolute Gasteiger partial charge is 0.323 e. The van der Waals surface area contributed by atoms with E-state index in [4.69, 9.17) is 18.6 Å². The highest BCUT2D eigenvalue weighted by molar-refractivity contribution is 5.97. The second kappa shape index (κ2) is 19.1. The molecule has 5 heterocycles. The number of morpholine rings is 1. The molecule has 324 valence electrons. The number of aryl methyl sites for hydroxylation is 1. The van der Waals surface area contributed by atoms with Crippen LogP contribution in [0.25, 0.3) is 0 Å². The first-order valence-electron chi connectivity index (χ1n) is 22.0. The molecule has 3 aromatic rings. The summed E-state index contributed by atoms with van der Waals surface area (Å²) >= 11 is 0. The molecule has 3 saturated heterocycles. The Labute approximate surface area is 352 Å². The molecule has 60 heavy (non-hydrogen) atoms. The molecule has 14 nitrogen and oxygen atoms in total. The van der Waals surface area contributed by atoms with E-state index >= 15 is 0 Å². The van der Waals surface area contributed by atoms with Gasteiger partial charge in [-0.05, 0) is 80.7 Å². The van der Waals surface area contributed by atoms with Gasteiger partial charge in [0.25, 0.3) is 11.8 Å². The summed E-state index contributed by atoms with van der Waals surface area (Å²) in [6, 6.07) is 13.6. The van der Waals surface area contributed by atoms with Crippen molar-refractivity contribution in [2.45, 2.75) is 101 Å². The van der Waals surface area contributed by atoms with E-state index in [9.17, 15) is 24.6 Å². The van der Waals surface area contributed by atoms with Gasteiger partial charge in [-0.25, -0.2) is 0 Å². The fourth-order valence-corrected chi connectivity index (χ4v) is 10.1. The van der Waals surface area contributed by atoms with E-state index in [-0.39, 0.29) is 35.9 Å². The highest BCUT2D eigenvalue weighted by Crippen LogP contribution is 2.40. The number of amides is 2. The number of phenols is 1. The molecular formula is C46H61N5O9. The van der Waals surface area contributed by atoms with Gasteiger partial charge in [-0.15, -0.1) is 0 Å². The Morgan fingerprint density at radius 2 is 1.80 bits per heavy atom. The van der Waals surface area contributed by atoms with Crippen LogP contribution < -0.4 is 10.1 Å². The Hall–Kier alpha value is -4.47. The SMILES string of the molecule is Cc1ccoc1C(=O)N1CCOC2(CCN(Cc3cccc(CCOC4CCN(CCN(CCc5ccc(O)c6c5OCC(=O)N6)C5CCCCC5)[C@@H]4C(=O)O)c3)CC2)C1. The number of rotatable bonds is 15. The number of hydrogen-bond acceptors (Lipinski definition) is 11. The van der Waals surface area contributed by atoms with Gasteiger partial charge >= 0.3 is 5.97 Å². The maximum Gasteiger partial charge on any atom is 0.323 e. The number of phenolic OH excluding ortho intramolecular Hbond substituents is 1. The van der Waals surface area contributed by atoms with E-state index < -0.39 is 12.0 Å². The molecule has 14 heteroatoms. The molecule has 3 N–H and O–H groups in total. The zero-order valence-corrected chi connectivity index (χ0v) is 34.9. The van der Waals surface area contributed by atoms with E-state index in [2.05, 4.69) is 44.3 Å². The van der Waals surface area contributed by atoms with Gasteiger partial charge < -0.3 is 39.1 Å². The van der Waals surface area contributed by atoms with E-state index in [0.717, 1.165) is 69.5 Å². The first-order valence-corrected chi connectivity index (χ1v) is 22.0. The number of carboxylic acid groups (broad SMARTS) is 1. The summed E-state index contributed by atoms with van der Waals surface area (Å²) in [7, 11) is 0. The standard InChI is InChI=1S/C46H61N5O9/c1-32-14-25-58-42(32)44(54)51-24-27-60-46(31-51)16-20-48(21-17-46)29-34-7-5-6-33(28-34)15-26-57-38-13-19-50(41(38)45(55)56)23-22-49(36-8-3-2-4-9-36)18-12-35-10-11-37(52)40-43(35)59-30-39(53)47-40/h5-7,10-11,14,25,28,36,38,41,52H,2-4,8-9,12-13,15-24,26-27,29-31H2,1H3,(H,47,53)(H,55,56)/t38?,41-/m0/s1. The highest BCUT2D eigenvalue weighted by atomic mass is 16.5. The third kappa shape index (κ3) is 9.84. The van der Waals surface area contributed by atoms with Gasteiger partial charge in [0.1, 0.15) is 17.5 Å². The maximum atomic E-state index is 13.2. The Kier molecular flexibility index (Phi) is 13.4. The summed E-state index contributed by atoms with van der Waals surface area (Å²) in [6.45, 7) is 9.41. The molecule has 2 atom stereocenters. The summed E-state index contributed by atoms with van der Waals surface area (Å²) in [4.78, 5) is 46.7. The third-order valence-corrected chi connectivity index (χ3v) is 13.4. The molecule has 0 bridgehead atoms. The van der Waals surface area contributed by atoms with Crippen molar-refractivity contribution >= 4 is 23.5 Å². The number of furan rings is 1. The molecule has 1 saturated carbocycles. The number of anilines is 1. The first kappa shape index (κ1) is 42.2. The lowest BCUT2D eigenvalue weighted by molar-refractivity contribution is -0.146.